The van der Waals surface area contributed by atoms with E-state index in [9.17, 15) is 4.39 Å². The number of aryl methyl sites for hydroxylation is 1. The third-order valence-corrected chi connectivity index (χ3v) is 3.27. The number of halogens is 1. The van der Waals surface area contributed by atoms with Gasteiger partial charge in [0.25, 0.3) is 0 Å². The molecule has 19 heavy (non-hydrogen) atoms. The Bertz CT molecular complexity index is 538. The molecule has 0 aliphatic heterocycles. The van der Waals surface area contributed by atoms with E-state index < -0.39 is 0 Å². The number of nitrogens with two attached hydrogens (primary N) is 1. The van der Waals surface area contributed by atoms with Crippen LogP contribution in [0.5, 0.6) is 0 Å². The molecule has 0 amide bonds. The average molecular weight is 262 g/mol. The Kier molecular flexibility index (Phi) is 4.22. The first-order chi connectivity index (χ1) is 9.15. The standard InChI is InChI=1S/C15H19FN2O/c1-3-13-7-8-15(19-13)14(10-17)18(2)12-6-4-5-11(16)9-12/h4-9,14H,3,10,17H2,1-2H3. The largest absolute Gasteiger partial charge is 0.464 e. The lowest BCUT2D eigenvalue weighted by Gasteiger charge is -2.27. The Hall–Kier alpha value is -1.81. The molecule has 1 heterocycles. The molecule has 2 rings (SSSR count). The predicted octanol–water partition coefficient (Wildman–Crippen LogP) is 3.12. The van der Waals surface area contributed by atoms with E-state index in [1.54, 1.807) is 6.07 Å². The van der Waals surface area contributed by atoms with Crippen molar-refractivity contribution >= 4 is 5.69 Å². The highest BCUT2D eigenvalue weighted by molar-refractivity contribution is 5.47. The number of rotatable bonds is 5. The molecule has 0 radical (unpaired) electrons. The molecule has 0 aliphatic rings. The predicted molar refractivity (Wildman–Crippen MR) is 74.7 cm³/mol. The topological polar surface area (TPSA) is 42.4 Å². The lowest BCUT2D eigenvalue weighted by molar-refractivity contribution is 0.431. The average Bonchev–Trinajstić information content (AvgIpc) is 2.88. The summed E-state index contributed by atoms with van der Waals surface area (Å²) in [5, 5.41) is 0. The number of hydrogen-bond donors (Lipinski definition) is 1. The summed E-state index contributed by atoms with van der Waals surface area (Å²) in [6.07, 6.45) is 0.848. The van der Waals surface area contributed by atoms with Crippen LogP contribution in [0, 0.1) is 5.82 Å². The molecule has 0 aliphatic carbocycles. The smallest absolute Gasteiger partial charge is 0.127 e. The highest BCUT2D eigenvalue weighted by Crippen LogP contribution is 2.26. The van der Waals surface area contributed by atoms with E-state index >= 15 is 0 Å². The fraction of sp³-hybridized carbons (Fsp3) is 0.333. The normalized spacial score (nSPS) is 12.4. The second-order valence-corrected chi connectivity index (χ2v) is 4.50. The van der Waals surface area contributed by atoms with Crippen LogP contribution in [0.3, 0.4) is 0 Å². The molecule has 2 aromatic rings. The summed E-state index contributed by atoms with van der Waals surface area (Å²) in [6.45, 7) is 2.44. The monoisotopic (exact) mass is 262 g/mol. The van der Waals surface area contributed by atoms with E-state index in [4.69, 9.17) is 10.2 Å². The lowest BCUT2D eigenvalue weighted by Crippen LogP contribution is -2.30. The van der Waals surface area contributed by atoms with Gasteiger partial charge in [-0.05, 0) is 30.3 Å². The summed E-state index contributed by atoms with van der Waals surface area (Å²) < 4.78 is 19.0. The van der Waals surface area contributed by atoms with Gasteiger partial charge >= 0.3 is 0 Å². The van der Waals surface area contributed by atoms with Crippen LogP contribution in [0.2, 0.25) is 0 Å². The van der Waals surface area contributed by atoms with Crippen molar-refractivity contribution in [2.75, 3.05) is 18.5 Å². The van der Waals surface area contributed by atoms with Crippen LogP contribution >= 0.6 is 0 Å². The van der Waals surface area contributed by atoms with Gasteiger partial charge in [0.1, 0.15) is 17.3 Å². The minimum atomic E-state index is -0.256. The van der Waals surface area contributed by atoms with E-state index in [0.29, 0.717) is 6.54 Å². The van der Waals surface area contributed by atoms with Gasteiger partial charge in [0.2, 0.25) is 0 Å². The highest BCUT2D eigenvalue weighted by atomic mass is 19.1. The maximum atomic E-state index is 13.3. The van der Waals surface area contributed by atoms with E-state index in [1.165, 1.54) is 12.1 Å². The molecule has 0 saturated carbocycles. The molecular formula is C15H19FN2O. The van der Waals surface area contributed by atoms with Crippen molar-refractivity contribution in [1.82, 2.24) is 0 Å². The van der Waals surface area contributed by atoms with E-state index in [2.05, 4.69) is 0 Å². The first-order valence-corrected chi connectivity index (χ1v) is 6.42. The van der Waals surface area contributed by atoms with Gasteiger partial charge in [-0.25, -0.2) is 4.39 Å². The fourth-order valence-corrected chi connectivity index (χ4v) is 2.10. The number of likely N-dealkylation sites (N-methyl/N-ethyl adjacent to an activating group) is 1. The van der Waals surface area contributed by atoms with Gasteiger partial charge in [-0.1, -0.05) is 13.0 Å². The molecule has 3 nitrogen and oxygen atoms in total. The third kappa shape index (κ3) is 2.96. The Morgan fingerprint density at radius 1 is 1.32 bits per heavy atom. The van der Waals surface area contributed by atoms with Crippen molar-refractivity contribution in [2.45, 2.75) is 19.4 Å². The van der Waals surface area contributed by atoms with Gasteiger partial charge in [-0.2, -0.15) is 0 Å². The van der Waals surface area contributed by atoms with Crippen molar-refractivity contribution in [3.8, 4) is 0 Å². The zero-order valence-corrected chi connectivity index (χ0v) is 11.3. The van der Waals surface area contributed by atoms with E-state index in [0.717, 1.165) is 23.6 Å². The molecular weight excluding hydrogens is 243 g/mol. The molecule has 0 fully saturated rings. The third-order valence-electron chi connectivity index (χ3n) is 3.27. The second kappa shape index (κ2) is 5.89. The molecule has 4 heteroatoms. The first kappa shape index (κ1) is 13.6. The first-order valence-electron chi connectivity index (χ1n) is 6.42. The van der Waals surface area contributed by atoms with Crippen molar-refractivity contribution in [1.29, 1.82) is 0 Å². The summed E-state index contributed by atoms with van der Waals surface area (Å²) in [4.78, 5) is 1.93. The SMILES string of the molecule is CCc1ccc(C(CN)N(C)c2cccc(F)c2)o1. The summed E-state index contributed by atoms with van der Waals surface area (Å²) >= 11 is 0. The van der Waals surface area contributed by atoms with Crippen molar-refractivity contribution < 1.29 is 8.81 Å². The summed E-state index contributed by atoms with van der Waals surface area (Å²) in [5.74, 6) is 1.49. The molecule has 2 N–H and O–H groups in total. The molecule has 0 bridgehead atoms. The number of anilines is 1. The van der Waals surface area contributed by atoms with Gasteiger partial charge in [-0.3, -0.25) is 0 Å². The quantitative estimate of drug-likeness (QED) is 0.900. The van der Waals surface area contributed by atoms with E-state index in [1.807, 2.05) is 37.1 Å². The molecule has 0 spiro atoms. The molecule has 1 unspecified atom stereocenters. The number of nitrogens with zero attached hydrogens (tertiary/aromatic N) is 1. The lowest BCUT2D eigenvalue weighted by atomic mass is 10.1. The van der Waals surface area contributed by atoms with Crippen LogP contribution in [0.4, 0.5) is 10.1 Å². The van der Waals surface area contributed by atoms with Gasteiger partial charge in [0.15, 0.2) is 0 Å². The second-order valence-electron chi connectivity index (χ2n) is 4.50. The van der Waals surface area contributed by atoms with Crippen LogP contribution in [-0.2, 0) is 6.42 Å². The van der Waals surface area contributed by atoms with Crippen molar-refractivity contribution in [3.63, 3.8) is 0 Å². The van der Waals surface area contributed by atoms with Gasteiger partial charge in [0.05, 0.1) is 6.04 Å². The van der Waals surface area contributed by atoms with Crippen LogP contribution in [0.15, 0.2) is 40.8 Å². The maximum absolute atomic E-state index is 13.3. The molecule has 102 valence electrons. The van der Waals surface area contributed by atoms with Crippen molar-refractivity contribution in [3.05, 3.63) is 53.7 Å². The molecule has 0 saturated heterocycles. The fourth-order valence-electron chi connectivity index (χ4n) is 2.10. The summed E-state index contributed by atoms with van der Waals surface area (Å²) in [6, 6.07) is 10.3. The van der Waals surface area contributed by atoms with Crippen molar-refractivity contribution in [2.24, 2.45) is 5.73 Å². The summed E-state index contributed by atoms with van der Waals surface area (Å²) in [7, 11) is 1.89. The maximum Gasteiger partial charge on any atom is 0.127 e. The number of benzene rings is 1. The zero-order chi connectivity index (χ0) is 13.8. The number of furan rings is 1. The molecule has 1 aromatic heterocycles. The van der Waals surface area contributed by atoms with Crippen LogP contribution < -0.4 is 10.6 Å². The minimum Gasteiger partial charge on any atom is -0.464 e. The Balaban J connectivity index is 2.26. The Morgan fingerprint density at radius 3 is 2.68 bits per heavy atom. The van der Waals surface area contributed by atoms with Crippen LogP contribution in [-0.4, -0.2) is 13.6 Å². The highest BCUT2D eigenvalue weighted by Gasteiger charge is 2.19. The van der Waals surface area contributed by atoms with Crippen LogP contribution in [0.25, 0.3) is 0 Å². The van der Waals surface area contributed by atoms with Gasteiger partial charge < -0.3 is 15.1 Å². The van der Waals surface area contributed by atoms with E-state index in [-0.39, 0.29) is 11.9 Å². The van der Waals surface area contributed by atoms with Gasteiger partial charge in [-0.15, -0.1) is 0 Å². The van der Waals surface area contributed by atoms with Gasteiger partial charge in [0, 0.05) is 25.7 Å². The summed E-state index contributed by atoms with van der Waals surface area (Å²) in [5.41, 5.74) is 6.62. The van der Waals surface area contributed by atoms with Crippen LogP contribution in [0.1, 0.15) is 24.5 Å². The molecule has 1 aromatic carbocycles. The number of hydrogen-bond acceptors (Lipinski definition) is 3. The Morgan fingerprint density at radius 2 is 2.11 bits per heavy atom. The zero-order valence-electron chi connectivity index (χ0n) is 11.3. The molecule has 1 atom stereocenters. The Labute approximate surface area is 112 Å². The minimum absolute atomic E-state index is 0.0953.